The quantitative estimate of drug-likeness (QED) is 0.718. The van der Waals surface area contributed by atoms with Crippen molar-refractivity contribution in [3.8, 4) is 5.69 Å². The van der Waals surface area contributed by atoms with E-state index in [-0.39, 0.29) is 12.0 Å². The number of carbonyl (C=O) groups excluding carboxylic acids is 1. The van der Waals surface area contributed by atoms with E-state index >= 15 is 0 Å². The third-order valence-electron chi connectivity index (χ3n) is 5.60. The molecule has 0 unspecified atom stereocenters. The van der Waals surface area contributed by atoms with Crippen LogP contribution in [-0.2, 0) is 35.3 Å². The SMILES string of the molecule is O=C(C[C@H]1OCCc2ccsc21)NCc1nn(-c2ccccc2)c2c1CCC2. The zero-order valence-electron chi connectivity index (χ0n) is 15.7. The molecular weight excluding hydrogens is 370 g/mol. The summed E-state index contributed by atoms with van der Waals surface area (Å²) in [5.74, 6) is 0.0206. The van der Waals surface area contributed by atoms with Crippen molar-refractivity contribution in [1.82, 2.24) is 15.1 Å². The standard InChI is InChI=1S/C22H23N3O2S/c26-21(13-20-22-15(9-11-27-20)10-12-28-22)23-14-18-17-7-4-8-19(17)25(24-18)16-5-2-1-3-6-16/h1-3,5-6,10,12,20H,4,7-9,11,13-14H2,(H,23,26)/t20-/m1/s1. The molecule has 2 aliphatic rings. The van der Waals surface area contributed by atoms with E-state index in [9.17, 15) is 4.79 Å². The smallest absolute Gasteiger partial charge is 0.223 e. The summed E-state index contributed by atoms with van der Waals surface area (Å²) in [7, 11) is 0. The first-order chi connectivity index (χ1) is 13.8. The maximum atomic E-state index is 12.6. The van der Waals surface area contributed by atoms with E-state index in [1.54, 1.807) is 11.3 Å². The maximum Gasteiger partial charge on any atom is 0.223 e. The van der Waals surface area contributed by atoms with Gasteiger partial charge in [0.2, 0.25) is 5.91 Å². The number of benzene rings is 1. The Bertz CT molecular complexity index is 993. The molecule has 0 bridgehead atoms. The Balaban J connectivity index is 1.28. The Labute approximate surface area is 168 Å². The van der Waals surface area contributed by atoms with Crippen molar-refractivity contribution in [3.05, 3.63) is 69.2 Å². The van der Waals surface area contributed by atoms with Gasteiger partial charge >= 0.3 is 0 Å². The molecule has 3 aromatic rings. The summed E-state index contributed by atoms with van der Waals surface area (Å²) in [6.45, 7) is 1.17. The average Bonchev–Trinajstić information content (AvgIpc) is 3.44. The minimum Gasteiger partial charge on any atom is -0.372 e. The van der Waals surface area contributed by atoms with Gasteiger partial charge in [-0.05, 0) is 60.4 Å². The van der Waals surface area contributed by atoms with Crippen molar-refractivity contribution in [2.24, 2.45) is 0 Å². The van der Waals surface area contributed by atoms with Gasteiger partial charge < -0.3 is 10.1 Å². The molecular formula is C22H23N3O2S. The molecule has 1 aliphatic heterocycles. The van der Waals surface area contributed by atoms with Crippen LogP contribution in [0.15, 0.2) is 41.8 Å². The highest BCUT2D eigenvalue weighted by atomic mass is 32.1. The van der Waals surface area contributed by atoms with Crippen LogP contribution in [0.3, 0.4) is 0 Å². The Kier molecular flexibility index (Phi) is 4.74. The topological polar surface area (TPSA) is 56.1 Å². The second-order valence-electron chi connectivity index (χ2n) is 7.37. The number of hydrogen-bond acceptors (Lipinski definition) is 4. The van der Waals surface area contributed by atoms with Crippen LogP contribution in [0.5, 0.6) is 0 Å². The zero-order valence-corrected chi connectivity index (χ0v) is 16.5. The van der Waals surface area contributed by atoms with Crippen LogP contribution >= 0.6 is 11.3 Å². The average molecular weight is 394 g/mol. The first-order valence-electron chi connectivity index (χ1n) is 9.89. The van der Waals surface area contributed by atoms with Gasteiger partial charge in [0.25, 0.3) is 0 Å². The van der Waals surface area contributed by atoms with E-state index in [0.717, 1.165) is 37.1 Å². The van der Waals surface area contributed by atoms with Gasteiger partial charge in [-0.2, -0.15) is 5.10 Å². The predicted octanol–water partition coefficient (Wildman–Crippen LogP) is 3.74. The van der Waals surface area contributed by atoms with E-state index in [1.807, 2.05) is 22.9 Å². The highest BCUT2D eigenvalue weighted by Crippen LogP contribution is 2.34. The summed E-state index contributed by atoms with van der Waals surface area (Å²) >= 11 is 1.69. The molecule has 0 saturated heterocycles. The molecule has 1 atom stereocenters. The molecule has 28 heavy (non-hydrogen) atoms. The number of hydrogen-bond donors (Lipinski definition) is 1. The van der Waals surface area contributed by atoms with Gasteiger partial charge in [-0.1, -0.05) is 18.2 Å². The van der Waals surface area contributed by atoms with E-state index in [4.69, 9.17) is 9.84 Å². The fourth-order valence-corrected chi connectivity index (χ4v) is 5.24. The molecule has 1 aliphatic carbocycles. The number of nitrogens with zero attached hydrogens (tertiary/aromatic N) is 2. The third kappa shape index (κ3) is 3.27. The number of amides is 1. The Morgan fingerprint density at radius 2 is 2.11 bits per heavy atom. The van der Waals surface area contributed by atoms with Crippen molar-refractivity contribution in [2.75, 3.05) is 6.61 Å². The van der Waals surface area contributed by atoms with Gasteiger partial charge in [0.05, 0.1) is 31.0 Å². The van der Waals surface area contributed by atoms with Gasteiger partial charge in [-0.15, -0.1) is 11.3 Å². The van der Waals surface area contributed by atoms with Gasteiger partial charge in [-0.25, -0.2) is 4.68 Å². The lowest BCUT2D eigenvalue weighted by Crippen LogP contribution is -2.27. The summed E-state index contributed by atoms with van der Waals surface area (Å²) in [5, 5.41) is 9.98. The molecule has 5 nitrogen and oxygen atoms in total. The normalized spacial score (nSPS) is 17.9. The van der Waals surface area contributed by atoms with Crippen LogP contribution in [0.4, 0.5) is 0 Å². The second-order valence-corrected chi connectivity index (χ2v) is 8.32. The first kappa shape index (κ1) is 17.6. The van der Waals surface area contributed by atoms with Crippen molar-refractivity contribution in [1.29, 1.82) is 0 Å². The monoisotopic (exact) mass is 393 g/mol. The van der Waals surface area contributed by atoms with Crippen molar-refractivity contribution in [3.63, 3.8) is 0 Å². The molecule has 3 heterocycles. The molecule has 1 amide bonds. The lowest BCUT2D eigenvalue weighted by molar-refractivity contribution is -0.124. The van der Waals surface area contributed by atoms with Crippen LogP contribution in [0.2, 0.25) is 0 Å². The molecule has 1 N–H and O–H groups in total. The lowest BCUT2D eigenvalue weighted by atomic mass is 10.1. The number of fused-ring (bicyclic) bond motifs is 2. The van der Waals surface area contributed by atoms with Crippen molar-refractivity contribution >= 4 is 17.2 Å². The molecule has 6 heteroatoms. The van der Waals surface area contributed by atoms with Crippen LogP contribution in [0.1, 0.15) is 46.3 Å². The first-order valence-corrected chi connectivity index (χ1v) is 10.8. The minimum absolute atomic E-state index is 0.0206. The number of nitrogens with one attached hydrogen (secondary N) is 1. The largest absolute Gasteiger partial charge is 0.372 e. The highest BCUT2D eigenvalue weighted by molar-refractivity contribution is 7.10. The van der Waals surface area contributed by atoms with Gasteiger partial charge in [0, 0.05) is 10.6 Å². The zero-order chi connectivity index (χ0) is 18.9. The summed E-state index contributed by atoms with van der Waals surface area (Å²) in [6.07, 6.45) is 4.43. The van der Waals surface area contributed by atoms with Gasteiger partial charge in [0.1, 0.15) is 6.10 Å². The molecule has 0 saturated carbocycles. The molecule has 0 radical (unpaired) electrons. The molecule has 144 valence electrons. The summed E-state index contributed by atoms with van der Waals surface area (Å²) in [4.78, 5) is 13.8. The molecule has 1 aromatic carbocycles. The summed E-state index contributed by atoms with van der Waals surface area (Å²) in [6, 6.07) is 12.4. The fraction of sp³-hybridized carbons (Fsp3) is 0.364. The van der Waals surface area contributed by atoms with Gasteiger partial charge in [0.15, 0.2) is 0 Å². The van der Waals surface area contributed by atoms with Crippen LogP contribution in [0, 0.1) is 0 Å². The van der Waals surface area contributed by atoms with Crippen LogP contribution < -0.4 is 5.32 Å². The Morgan fingerprint density at radius 1 is 1.21 bits per heavy atom. The number of para-hydroxylation sites is 1. The van der Waals surface area contributed by atoms with Gasteiger partial charge in [-0.3, -0.25) is 4.79 Å². The second kappa shape index (κ2) is 7.53. The van der Waals surface area contributed by atoms with E-state index in [2.05, 4.69) is 28.9 Å². The van der Waals surface area contributed by atoms with E-state index < -0.39 is 0 Å². The third-order valence-corrected chi connectivity index (χ3v) is 6.65. The predicted molar refractivity (Wildman–Crippen MR) is 109 cm³/mol. The highest BCUT2D eigenvalue weighted by Gasteiger charge is 2.26. The summed E-state index contributed by atoms with van der Waals surface area (Å²) in [5.41, 5.74) is 5.99. The summed E-state index contributed by atoms with van der Waals surface area (Å²) < 4.78 is 7.90. The lowest BCUT2D eigenvalue weighted by Gasteiger charge is -2.22. The number of rotatable bonds is 5. The number of aromatic nitrogens is 2. The molecule has 0 spiro atoms. The maximum absolute atomic E-state index is 12.6. The number of ether oxygens (including phenoxy) is 1. The van der Waals surface area contributed by atoms with Crippen molar-refractivity contribution in [2.45, 2.75) is 44.8 Å². The Hall–Kier alpha value is -2.44. The molecule has 5 rings (SSSR count). The number of thiophene rings is 1. The number of carbonyl (C=O) groups is 1. The fourth-order valence-electron chi connectivity index (χ4n) is 4.24. The van der Waals surface area contributed by atoms with Crippen LogP contribution in [-0.4, -0.2) is 22.3 Å². The van der Waals surface area contributed by atoms with E-state index in [1.165, 1.54) is 21.7 Å². The van der Waals surface area contributed by atoms with Crippen LogP contribution in [0.25, 0.3) is 5.69 Å². The molecule has 2 aromatic heterocycles. The molecule has 0 fully saturated rings. The Morgan fingerprint density at radius 3 is 3.00 bits per heavy atom. The minimum atomic E-state index is -0.114. The van der Waals surface area contributed by atoms with E-state index in [0.29, 0.717) is 19.6 Å². The van der Waals surface area contributed by atoms with Crippen molar-refractivity contribution < 1.29 is 9.53 Å².